The van der Waals surface area contributed by atoms with Gasteiger partial charge in [0.2, 0.25) is 11.6 Å². The van der Waals surface area contributed by atoms with E-state index in [2.05, 4.69) is 15.3 Å². The maximum atomic E-state index is 13.9. The van der Waals surface area contributed by atoms with Gasteiger partial charge in [0.25, 0.3) is 5.89 Å². The number of Topliss-reactive ketones (excluding diaryl/α,β-unsaturated/α-hetero) is 1. The van der Waals surface area contributed by atoms with Gasteiger partial charge in [-0.05, 0) is 17.9 Å². The molecule has 3 heterocycles. The lowest BCUT2D eigenvalue weighted by Gasteiger charge is -2.12. The number of aromatic nitrogens is 3. The zero-order valence-corrected chi connectivity index (χ0v) is 18.7. The fourth-order valence-electron chi connectivity index (χ4n) is 4.07. The third-order valence-corrected chi connectivity index (χ3v) is 5.95. The molecule has 1 aliphatic rings. The van der Waals surface area contributed by atoms with E-state index in [1.54, 1.807) is 30.3 Å². The summed E-state index contributed by atoms with van der Waals surface area (Å²) in [7, 11) is 0. The van der Waals surface area contributed by atoms with E-state index in [0.29, 0.717) is 24.3 Å². The SMILES string of the molecule is O=C(CC1CCOC1)C(O)c1ccc(-c2noc(-c3onc(-c4ccccc4)c3C(F)(F)F)n2)cc1. The number of hydrogen-bond donors (Lipinski definition) is 1. The summed E-state index contributed by atoms with van der Waals surface area (Å²) in [5.74, 6) is -1.37. The van der Waals surface area contributed by atoms with E-state index >= 15 is 0 Å². The lowest BCUT2D eigenvalue weighted by atomic mass is 9.95. The fraction of sp³-hybridized carbons (Fsp3) is 0.280. The molecule has 186 valence electrons. The highest BCUT2D eigenvalue weighted by molar-refractivity contribution is 5.84. The van der Waals surface area contributed by atoms with Crippen LogP contribution in [-0.4, -0.2) is 39.4 Å². The number of carbonyl (C=O) groups is 1. The van der Waals surface area contributed by atoms with Crippen LogP contribution in [0.4, 0.5) is 13.2 Å². The molecular weight excluding hydrogens is 479 g/mol. The first-order valence-electron chi connectivity index (χ1n) is 11.2. The van der Waals surface area contributed by atoms with Gasteiger partial charge in [-0.2, -0.15) is 18.2 Å². The predicted molar refractivity (Wildman–Crippen MR) is 119 cm³/mol. The molecular formula is C25H20F3N3O5. The molecule has 11 heteroatoms. The molecule has 4 aromatic rings. The zero-order valence-electron chi connectivity index (χ0n) is 18.7. The molecule has 0 bridgehead atoms. The molecule has 0 aliphatic carbocycles. The predicted octanol–water partition coefficient (Wildman–Crippen LogP) is 5.11. The zero-order chi connectivity index (χ0) is 25.3. The Balaban J connectivity index is 1.38. The number of aliphatic hydroxyl groups excluding tert-OH is 1. The summed E-state index contributed by atoms with van der Waals surface area (Å²) < 4.78 is 57.1. The van der Waals surface area contributed by atoms with Crippen LogP contribution in [-0.2, 0) is 15.7 Å². The van der Waals surface area contributed by atoms with Gasteiger partial charge in [-0.15, -0.1) is 0 Å². The minimum absolute atomic E-state index is 0.00579. The van der Waals surface area contributed by atoms with Gasteiger partial charge >= 0.3 is 6.18 Å². The van der Waals surface area contributed by atoms with Crippen molar-refractivity contribution < 1.29 is 36.9 Å². The maximum absolute atomic E-state index is 13.9. The smallest absolute Gasteiger partial charge is 0.381 e. The molecule has 2 atom stereocenters. The molecule has 1 fully saturated rings. The average Bonchev–Trinajstić information content (AvgIpc) is 3.64. The molecule has 5 rings (SSSR count). The molecule has 1 aliphatic heterocycles. The molecule has 36 heavy (non-hydrogen) atoms. The summed E-state index contributed by atoms with van der Waals surface area (Å²) in [5, 5.41) is 17.8. The molecule has 2 unspecified atom stereocenters. The summed E-state index contributed by atoms with van der Waals surface area (Å²) in [4.78, 5) is 16.4. The molecule has 0 saturated carbocycles. The summed E-state index contributed by atoms with van der Waals surface area (Å²) in [6, 6.07) is 14.0. The van der Waals surface area contributed by atoms with E-state index in [1.807, 2.05) is 0 Å². The van der Waals surface area contributed by atoms with Crippen LogP contribution < -0.4 is 0 Å². The lowest BCUT2D eigenvalue weighted by Crippen LogP contribution is -2.16. The fourth-order valence-corrected chi connectivity index (χ4v) is 4.07. The van der Waals surface area contributed by atoms with Crippen molar-refractivity contribution in [2.45, 2.75) is 25.1 Å². The summed E-state index contributed by atoms with van der Waals surface area (Å²) in [6.45, 7) is 1.12. The molecule has 8 nitrogen and oxygen atoms in total. The van der Waals surface area contributed by atoms with Crippen molar-refractivity contribution in [3.8, 4) is 34.3 Å². The summed E-state index contributed by atoms with van der Waals surface area (Å²) in [5.41, 5.74) is -0.482. The molecule has 0 amide bonds. The Morgan fingerprint density at radius 2 is 1.78 bits per heavy atom. The Kier molecular flexibility index (Phi) is 6.42. The van der Waals surface area contributed by atoms with E-state index in [-0.39, 0.29) is 35.2 Å². The number of hydrogen-bond acceptors (Lipinski definition) is 8. The van der Waals surface area contributed by atoms with Gasteiger partial charge in [0.1, 0.15) is 17.4 Å². The quantitative estimate of drug-likeness (QED) is 0.374. The highest BCUT2D eigenvalue weighted by atomic mass is 19.4. The second-order valence-electron chi connectivity index (χ2n) is 8.45. The molecule has 1 saturated heterocycles. The minimum atomic E-state index is -4.79. The van der Waals surface area contributed by atoms with Crippen LogP contribution in [0.15, 0.2) is 63.6 Å². The monoisotopic (exact) mass is 499 g/mol. The number of rotatable bonds is 7. The van der Waals surface area contributed by atoms with Crippen LogP contribution >= 0.6 is 0 Å². The summed E-state index contributed by atoms with van der Waals surface area (Å²) >= 11 is 0. The highest BCUT2D eigenvalue weighted by Crippen LogP contribution is 2.43. The average molecular weight is 499 g/mol. The third kappa shape index (κ3) is 4.79. The van der Waals surface area contributed by atoms with Gasteiger partial charge in [-0.1, -0.05) is 64.9 Å². The molecule has 2 aromatic carbocycles. The van der Waals surface area contributed by atoms with Crippen molar-refractivity contribution in [1.82, 2.24) is 15.3 Å². The lowest BCUT2D eigenvalue weighted by molar-refractivity contribution is -0.137. The van der Waals surface area contributed by atoms with E-state index in [9.17, 15) is 23.1 Å². The van der Waals surface area contributed by atoms with Crippen molar-refractivity contribution in [2.24, 2.45) is 5.92 Å². The standard InChI is InChI=1S/C25H20F3N3O5/c26-25(27,28)19-20(15-4-2-1-3-5-15)30-35-22(19)24-29-23(31-36-24)17-8-6-16(7-9-17)21(33)18(32)12-14-10-11-34-13-14/h1-9,14,21,33H,10-13H2. The number of benzene rings is 2. The first-order chi connectivity index (χ1) is 17.3. The van der Waals surface area contributed by atoms with Gasteiger partial charge in [0.15, 0.2) is 5.78 Å². The van der Waals surface area contributed by atoms with Crippen LogP contribution in [0.25, 0.3) is 34.3 Å². The number of nitrogens with zero attached hydrogens (tertiary/aromatic N) is 3. The van der Waals surface area contributed by atoms with Gasteiger partial charge in [-0.3, -0.25) is 4.79 Å². The summed E-state index contributed by atoms with van der Waals surface area (Å²) in [6.07, 6.45) is -5.07. The number of aliphatic hydroxyl groups is 1. The second kappa shape index (κ2) is 9.67. The van der Waals surface area contributed by atoms with Crippen LogP contribution in [0.3, 0.4) is 0 Å². The van der Waals surface area contributed by atoms with Crippen LogP contribution in [0.1, 0.15) is 30.1 Å². The van der Waals surface area contributed by atoms with E-state index < -0.39 is 29.5 Å². The topological polar surface area (TPSA) is 111 Å². The van der Waals surface area contributed by atoms with Crippen molar-refractivity contribution >= 4 is 5.78 Å². The number of alkyl halides is 3. The first-order valence-corrected chi connectivity index (χ1v) is 11.2. The van der Waals surface area contributed by atoms with E-state index in [0.717, 1.165) is 6.42 Å². The Labute approximate surface area is 202 Å². The molecule has 1 N–H and O–H groups in total. The van der Waals surface area contributed by atoms with Gasteiger partial charge in [-0.25, -0.2) is 0 Å². The van der Waals surface area contributed by atoms with Gasteiger partial charge in [0.05, 0.1) is 0 Å². The number of ether oxygens (including phenoxy) is 1. The number of halogens is 3. The van der Waals surface area contributed by atoms with E-state index in [1.165, 1.54) is 24.3 Å². The first kappa shape index (κ1) is 23.9. The van der Waals surface area contributed by atoms with Crippen LogP contribution in [0.5, 0.6) is 0 Å². The van der Waals surface area contributed by atoms with Gasteiger partial charge < -0.3 is 18.9 Å². The highest BCUT2D eigenvalue weighted by Gasteiger charge is 2.43. The Hall–Kier alpha value is -3.83. The second-order valence-corrected chi connectivity index (χ2v) is 8.45. The Morgan fingerprint density at radius 1 is 1.03 bits per heavy atom. The maximum Gasteiger partial charge on any atom is 0.422 e. The Morgan fingerprint density at radius 3 is 2.44 bits per heavy atom. The van der Waals surface area contributed by atoms with Crippen molar-refractivity contribution in [1.29, 1.82) is 0 Å². The van der Waals surface area contributed by atoms with Crippen LogP contribution in [0, 0.1) is 5.92 Å². The van der Waals surface area contributed by atoms with Crippen LogP contribution in [0.2, 0.25) is 0 Å². The molecule has 0 radical (unpaired) electrons. The molecule has 2 aromatic heterocycles. The largest absolute Gasteiger partial charge is 0.422 e. The van der Waals surface area contributed by atoms with Gasteiger partial charge in [0, 0.05) is 30.8 Å². The molecule has 0 spiro atoms. The van der Waals surface area contributed by atoms with Crippen molar-refractivity contribution in [3.63, 3.8) is 0 Å². The third-order valence-electron chi connectivity index (χ3n) is 5.95. The minimum Gasteiger partial charge on any atom is -0.381 e. The van der Waals surface area contributed by atoms with E-state index in [4.69, 9.17) is 13.8 Å². The number of ketones is 1. The normalized spacial score (nSPS) is 16.8. The van der Waals surface area contributed by atoms with Crippen molar-refractivity contribution in [3.05, 3.63) is 65.7 Å². The number of carbonyl (C=O) groups excluding carboxylic acids is 1. The van der Waals surface area contributed by atoms with Crippen molar-refractivity contribution in [2.75, 3.05) is 13.2 Å². The Bertz CT molecular complexity index is 1340.